The number of nitrogens with zero attached hydrogens (tertiary/aromatic N) is 4. The van der Waals surface area contributed by atoms with Gasteiger partial charge in [-0.15, -0.1) is 0 Å². The summed E-state index contributed by atoms with van der Waals surface area (Å²) in [4.78, 5) is 25.9. The Kier molecular flexibility index (Phi) is 3.84. The lowest BCUT2D eigenvalue weighted by molar-refractivity contribution is -0.0503. The van der Waals surface area contributed by atoms with Gasteiger partial charge in [0.1, 0.15) is 17.3 Å². The normalized spacial score (nSPS) is 10.1. The van der Waals surface area contributed by atoms with Crippen LogP contribution in [0.3, 0.4) is 0 Å². The molecule has 0 saturated carbocycles. The van der Waals surface area contributed by atoms with Crippen LogP contribution < -0.4 is 4.74 Å². The molecular formula is C11H6F2N4O2. The van der Waals surface area contributed by atoms with Crippen LogP contribution in [0.1, 0.15) is 5.69 Å². The van der Waals surface area contributed by atoms with Crippen LogP contribution in [0, 0.1) is 0 Å². The van der Waals surface area contributed by atoms with Crippen LogP contribution in [0.5, 0.6) is 5.75 Å². The molecule has 96 valence electrons. The number of hydrogen-bond donors (Lipinski definition) is 0. The van der Waals surface area contributed by atoms with Gasteiger partial charge in [-0.2, -0.15) is 8.78 Å². The molecule has 0 aromatic carbocycles. The summed E-state index contributed by atoms with van der Waals surface area (Å²) in [5.74, 6) is 1.54. The molecule has 0 N–H and O–H groups in total. The Morgan fingerprint density at radius 1 is 1.16 bits per heavy atom. The number of rotatable bonds is 4. The number of ether oxygens (including phenoxy) is 1. The fraction of sp³-hybridized carbons (Fsp3) is 0.0909. The Hall–Kier alpha value is -2.73. The van der Waals surface area contributed by atoms with E-state index in [1.165, 1.54) is 12.4 Å². The number of hydrogen-bond acceptors (Lipinski definition) is 6. The molecule has 0 aliphatic rings. The molecule has 0 bridgehead atoms. The summed E-state index contributed by atoms with van der Waals surface area (Å²) in [5, 5.41) is 0. The van der Waals surface area contributed by atoms with Crippen molar-refractivity contribution in [3.8, 4) is 17.3 Å². The van der Waals surface area contributed by atoms with Gasteiger partial charge < -0.3 is 4.74 Å². The summed E-state index contributed by atoms with van der Waals surface area (Å²) >= 11 is 0. The fourth-order valence-electron chi connectivity index (χ4n) is 1.28. The van der Waals surface area contributed by atoms with Crippen molar-refractivity contribution >= 4 is 12.0 Å². The zero-order chi connectivity index (χ0) is 13.7. The van der Waals surface area contributed by atoms with Gasteiger partial charge in [-0.3, -0.25) is 4.98 Å². The maximum absolute atomic E-state index is 12.0. The SMILES string of the molecule is O=C=Cc1nccnc1-c1ncc(OC(F)F)cn1. The summed E-state index contributed by atoms with van der Waals surface area (Å²) in [6.07, 6.45) is 6.02. The second-order valence-corrected chi connectivity index (χ2v) is 3.17. The topological polar surface area (TPSA) is 77.9 Å². The first-order valence-electron chi connectivity index (χ1n) is 5.00. The van der Waals surface area contributed by atoms with Crippen molar-refractivity contribution in [3.63, 3.8) is 0 Å². The summed E-state index contributed by atoms with van der Waals surface area (Å²) in [7, 11) is 0. The van der Waals surface area contributed by atoms with Crippen molar-refractivity contribution in [2.75, 3.05) is 0 Å². The molecule has 0 aliphatic heterocycles. The maximum Gasteiger partial charge on any atom is 0.387 e. The standard InChI is InChI=1S/C11H6F2N4O2/c12-11(13)19-7-5-16-10(17-6-7)9-8(1-4-18)14-2-3-15-9/h1-3,5-6,11H. The van der Waals surface area contributed by atoms with E-state index >= 15 is 0 Å². The average molecular weight is 264 g/mol. The average Bonchev–Trinajstić information content (AvgIpc) is 2.40. The zero-order valence-electron chi connectivity index (χ0n) is 9.33. The molecule has 2 aromatic rings. The van der Waals surface area contributed by atoms with Crippen LogP contribution in [0.4, 0.5) is 8.78 Å². The first-order chi connectivity index (χ1) is 9.20. The molecule has 6 nitrogen and oxygen atoms in total. The van der Waals surface area contributed by atoms with Crippen LogP contribution in [0.15, 0.2) is 24.8 Å². The van der Waals surface area contributed by atoms with Gasteiger partial charge in [0.05, 0.1) is 18.5 Å². The van der Waals surface area contributed by atoms with Crippen molar-refractivity contribution in [1.29, 1.82) is 0 Å². The highest BCUT2D eigenvalue weighted by atomic mass is 19.3. The van der Waals surface area contributed by atoms with E-state index in [-0.39, 0.29) is 23.0 Å². The minimum Gasteiger partial charge on any atom is -0.432 e. The number of alkyl halides is 2. The molecular weight excluding hydrogens is 258 g/mol. The largest absolute Gasteiger partial charge is 0.432 e. The van der Waals surface area contributed by atoms with Crippen molar-refractivity contribution < 1.29 is 18.3 Å². The van der Waals surface area contributed by atoms with Crippen molar-refractivity contribution in [2.24, 2.45) is 0 Å². The smallest absolute Gasteiger partial charge is 0.387 e. The Morgan fingerprint density at radius 2 is 1.84 bits per heavy atom. The van der Waals surface area contributed by atoms with Crippen LogP contribution in [-0.4, -0.2) is 32.5 Å². The molecule has 0 saturated heterocycles. The first kappa shape index (κ1) is 12.7. The van der Waals surface area contributed by atoms with Crippen LogP contribution in [0.2, 0.25) is 0 Å². The summed E-state index contributed by atoms with van der Waals surface area (Å²) in [6, 6.07) is 0. The Balaban J connectivity index is 2.34. The second-order valence-electron chi connectivity index (χ2n) is 3.17. The molecule has 19 heavy (non-hydrogen) atoms. The molecule has 2 heterocycles. The minimum atomic E-state index is -2.94. The van der Waals surface area contributed by atoms with Crippen molar-refractivity contribution in [1.82, 2.24) is 19.9 Å². The lowest BCUT2D eigenvalue weighted by atomic mass is 10.3. The summed E-state index contributed by atoms with van der Waals surface area (Å²) < 4.78 is 28.0. The van der Waals surface area contributed by atoms with Crippen LogP contribution >= 0.6 is 0 Å². The van der Waals surface area contributed by atoms with E-state index in [2.05, 4.69) is 24.7 Å². The van der Waals surface area contributed by atoms with Gasteiger partial charge >= 0.3 is 6.61 Å². The molecule has 0 spiro atoms. The molecule has 0 atom stereocenters. The Bertz CT molecular complexity index is 612. The first-order valence-corrected chi connectivity index (χ1v) is 5.00. The molecule has 0 fully saturated rings. The molecule has 2 aromatic heterocycles. The van der Waals surface area contributed by atoms with E-state index in [1.807, 2.05) is 0 Å². The fourth-order valence-corrected chi connectivity index (χ4v) is 1.28. The van der Waals surface area contributed by atoms with Gasteiger partial charge in [0.15, 0.2) is 11.6 Å². The van der Waals surface area contributed by atoms with Crippen molar-refractivity contribution in [3.05, 3.63) is 30.5 Å². The Labute approximate surface area is 105 Å². The third kappa shape index (κ3) is 3.14. The van der Waals surface area contributed by atoms with E-state index in [1.54, 1.807) is 5.94 Å². The van der Waals surface area contributed by atoms with Gasteiger partial charge in [-0.25, -0.2) is 19.7 Å². The quantitative estimate of drug-likeness (QED) is 0.776. The summed E-state index contributed by atoms with van der Waals surface area (Å²) in [5.41, 5.74) is 0.481. The monoisotopic (exact) mass is 264 g/mol. The highest BCUT2D eigenvalue weighted by molar-refractivity contribution is 5.78. The zero-order valence-corrected chi connectivity index (χ0v) is 9.33. The van der Waals surface area contributed by atoms with Gasteiger partial charge in [-0.1, -0.05) is 0 Å². The molecule has 8 heteroatoms. The predicted octanol–water partition coefficient (Wildman–Crippen LogP) is 1.38. The van der Waals surface area contributed by atoms with Crippen molar-refractivity contribution in [2.45, 2.75) is 6.61 Å². The maximum atomic E-state index is 12.0. The van der Waals surface area contributed by atoms with Gasteiger partial charge in [0.2, 0.25) is 0 Å². The molecule has 2 rings (SSSR count). The molecule has 0 aliphatic carbocycles. The third-order valence-electron chi connectivity index (χ3n) is 1.99. The third-order valence-corrected chi connectivity index (χ3v) is 1.99. The number of halogens is 2. The van der Waals surface area contributed by atoms with Gasteiger partial charge in [-0.05, 0) is 0 Å². The van der Waals surface area contributed by atoms with Gasteiger partial charge in [0.25, 0.3) is 0 Å². The lowest BCUT2D eigenvalue weighted by Gasteiger charge is -2.04. The lowest BCUT2D eigenvalue weighted by Crippen LogP contribution is -2.03. The molecule has 0 amide bonds. The highest BCUT2D eigenvalue weighted by Gasteiger charge is 2.10. The Morgan fingerprint density at radius 3 is 2.47 bits per heavy atom. The number of carbonyl (C=O) groups excluding carboxylic acids is 1. The molecule has 0 unspecified atom stereocenters. The van der Waals surface area contributed by atoms with Crippen LogP contribution in [0.25, 0.3) is 17.6 Å². The summed E-state index contributed by atoms with van der Waals surface area (Å²) in [6.45, 7) is -2.94. The molecule has 0 radical (unpaired) electrons. The highest BCUT2D eigenvalue weighted by Crippen LogP contribution is 2.18. The predicted molar refractivity (Wildman–Crippen MR) is 59.8 cm³/mol. The van der Waals surface area contributed by atoms with E-state index in [9.17, 15) is 13.6 Å². The van der Waals surface area contributed by atoms with E-state index in [4.69, 9.17) is 0 Å². The van der Waals surface area contributed by atoms with Gasteiger partial charge in [0, 0.05) is 12.4 Å². The number of aromatic nitrogens is 4. The minimum absolute atomic E-state index is 0.135. The van der Waals surface area contributed by atoms with E-state index in [0.717, 1.165) is 18.5 Å². The van der Waals surface area contributed by atoms with E-state index in [0.29, 0.717) is 0 Å². The van der Waals surface area contributed by atoms with Crippen LogP contribution in [-0.2, 0) is 4.79 Å². The van der Waals surface area contributed by atoms with E-state index < -0.39 is 6.61 Å². The second kappa shape index (κ2) is 5.74.